The predicted octanol–water partition coefficient (Wildman–Crippen LogP) is 1.51. The van der Waals surface area contributed by atoms with Crippen molar-refractivity contribution in [1.29, 1.82) is 5.26 Å². The summed E-state index contributed by atoms with van der Waals surface area (Å²) in [6.45, 7) is 5.37. The standard InChI is InChI=1S/C17H20N4O2/c1-13-5-3-4-6-16(13)19-12-15(11-18)17(23)21-9-7-20(8-10-21)14(2)22/h3-6,12,19H,7-10H2,1-2H3/b15-12-. The van der Waals surface area contributed by atoms with Gasteiger partial charge in [-0.2, -0.15) is 5.26 Å². The van der Waals surface area contributed by atoms with Gasteiger partial charge in [0, 0.05) is 45.0 Å². The van der Waals surface area contributed by atoms with E-state index in [0.717, 1.165) is 11.3 Å². The SMILES string of the molecule is CC(=O)N1CCN(C(=O)/C(C#N)=C\Nc2ccccc2C)CC1. The van der Waals surface area contributed by atoms with Crippen LogP contribution in [0.4, 0.5) is 5.69 Å². The molecule has 1 fully saturated rings. The van der Waals surface area contributed by atoms with E-state index in [2.05, 4.69) is 5.32 Å². The van der Waals surface area contributed by atoms with E-state index in [0.29, 0.717) is 26.2 Å². The van der Waals surface area contributed by atoms with Crippen LogP contribution in [0.5, 0.6) is 0 Å². The number of anilines is 1. The van der Waals surface area contributed by atoms with Crippen LogP contribution in [-0.2, 0) is 9.59 Å². The molecule has 0 aromatic heterocycles. The van der Waals surface area contributed by atoms with Crippen molar-refractivity contribution in [3.63, 3.8) is 0 Å². The number of carbonyl (C=O) groups excluding carboxylic acids is 2. The molecule has 1 saturated heterocycles. The molecule has 0 bridgehead atoms. The first kappa shape index (κ1) is 16.6. The lowest BCUT2D eigenvalue weighted by molar-refractivity contribution is -0.136. The molecular formula is C17H20N4O2. The summed E-state index contributed by atoms with van der Waals surface area (Å²) in [5.41, 5.74) is 1.95. The molecule has 2 rings (SSSR count). The molecule has 6 heteroatoms. The molecule has 1 aromatic carbocycles. The maximum Gasteiger partial charge on any atom is 0.266 e. The van der Waals surface area contributed by atoms with Crippen molar-refractivity contribution in [3.8, 4) is 6.07 Å². The van der Waals surface area contributed by atoms with Gasteiger partial charge in [-0.15, -0.1) is 0 Å². The first-order valence-electron chi connectivity index (χ1n) is 7.50. The van der Waals surface area contributed by atoms with Crippen molar-refractivity contribution in [2.45, 2.75) is 13.8 Å². The Morgan fingerprint density at radius 2 is 1.78 bits per heavy atom. The number of carbonyl (C=O) groups is 2. The zero-order valence-corrected chi connectivity index (χ0v) is 13.4. The van der Waals surface area contributed by atoms with Gasteiger partial charge in [0.25, 0.3) is 5.91 Å². The minimum absolute atomic E-state index is 0.00867. The van der Waals surface area contributed by atoms with Crippen molar-refractivity contribution in [2.75, 3.05) is 31.5 Å². The summed E-state index contributed by atoms with van der Waals surface area (Å²) < 4.78 is 0. The van der Waals surface area contributed by atoms with Gasteiger partial charge < -0.3 is 15.1 Å². The maximum atomic E-state index is 12.4. The fourth-order valence-corrected chi connectivity index (χ4v) is 2.42. The Morgan fingerprint density at radius 1 is 1.17 bits per heavy atom. The molecule has 0 atom stereocenters. The highest BCUT2D eigenvalue weighted by atomic mass is 16.2. The van der Waals surface area contributed by atoms with Crippen molar-refractivity contribution in [1.82, 2.24) is 9.80 Å². The Balaban J connectivity index is 2.02. The van der Waals surface area contributed by atoms with E-state index in [1.54, 1.807) is 9.80 Å². The summed E-state index contributed by atoms with van der Waals surface area (Å²) in [4.78, 5) is 27.0. The molecule has 6 nitrogen and oxygen atoms in total. The maximum absolute atomic E-state index is 12.4. The van der Waals surface area contributed by atoms with Crippen LogP contribution in [0, 0.1) is 18.3 Å². The summed E-state index contributed by atoms with van der Waals surface area (Å²) in [5, 5.41) is 12.3. The van der Waals surface area contributed by atoms with Gasteiger partial charge in [0.2, 0.25) is 5.91 Å². The normalized spacial score (nSPS) is 15.1. The van der Waals surface area contributed by atoms with Gasteiger partial charge >= 0.3 is 0 Å². The highest BCUT2D eigenvalue weighted by Gasteiger charge is 2.24. The number of rotatable bonds is 3. The van der Waals surface area contributed by atoms with Crippen LogP contribution in [0.2, 0.25) is 0 Å². The molecule has 23 heavy (non-hydrogen) atoms. The monoisotopic (exact) mass is 312 g/mol. The smallest absolute Gasteiger partial charge is 0.266 e. The molecular weight excluding hydrogens is 292 g/mol. The van der Waals surface area contributed by atoms with Gasteiger partial charge in [0.05, 0.1) is 0 Å². The molecule has 0 radical (unpaired) electrons. The van der Waals surface area contributed by atoms with E-state index in [-0.39, 0.29) is 17.4 Å². The largest absolute Gasteiger partial charge is 0.360 e. The number of nitriles is 1. The minimum atomic E-state index is -0.309. The summed E-state index contributed by atoms with van der Waals surface area (Å²) >= 11 is 0. The van der Waals surface area contributed by atoms with Gasteiger partial charge in [0.15, 0.2) is 0 Å². The number of benzene rings is 1. The van der Waals surface area contributed by atoms with Crippen molar-refractivity contribution >= 4 is 17.5 Å². The summed E-state index contributed by atoms with van der Waals surface area (Å²) in [6, 6.07) is 9.60. The molecule has 1 aliphatic heterocycles. The van der Waals surface area contributed by atoms with Crippen molar-refractivity contribution < 1.29 is 9.59 Å². The number of nitrogens with one attached hydrogen (secondary N) is 1. The Morgan fingerprint density at radius 3 is 2.35 bits per heavy atom. The number of hydrogen-bond donors (Lipinski definition) is 1. The van der Waals surface area contributed by atoms with Crippen molar-refractivity contribution in [3.05, 3.63) is 41.6 Å². The first-order valence-corrected chi connectivity index (χ1v) is 7.50. The lowest BCUT2D eigenvalue weighted by Gasteiger charge is -2.34. The molecule has 1 aromatic rings. The Labute approximate surface area is 136 Å². The molecule has 2 amide bonds. The summed E-state index contributed by atoms with van der Waals surface area (Å²) in [6.07, 6.45) is 1.45. The molecule has 0 spiro atoms. The molecule has 1 N–H and O–H groups in total. The van der Waals surface area contributed by atoms with Crippen LogP contribution in [0.3, 0.4) is 0 Å². The second-order valence-corrected chi connectivity index (χ2v) is 5.43. The van der Waals surface area contributed by atoms with Gasteiger partial charge in [-0.1, -0.05) is 18.2 Å². The highest BCUT2D eigenvalue weighted by Crippen LogP contribution is 2.14. The number of aryl methyl sites for hydroxylation is 1. The third kappa shape index (κ3) is 4.10. The molecule has 0 unspecified atom stereocenters. The highest BCUT2D eigenvalue weighted by molar-refractivity contribution is 5.97. The van der Waals surface area contributed by atoms with Crippen LogP contribution in [0.1, 0.15) is 12.5 Å². The van der Waals surface area contributed by atoms with Crippen LogP contribution in [-0.4, -0.2) is 47.8 Å². The molecule has 120 valence electrons. The van der Waals surface area contributed by atoms with Crippen LogP contribution < -0.4 is 5.32 Å². The van der Waals surface area contributed by atoms with Gasteiger partial charge in [-0.05, 0) is 18.6 Å². The molecule has 0 saturated carbocycles. The average molecular weight is 312 g/mol. The van der Waals surface area contributed by atoms with E-state index in [4.69, 9.17) is 0 Å². The van der Waals surface area contributed by atoms with Crippen molar-refractivity contribution in [2.24, 2.45) is 0 Å². The van der Waals surface area contributed by atoms with E-state index in [1.165, 1.54) is 13.1 Å². The lowest BCUT2D eigenvalue weighted by atomic mass is 10.2. The molecule has 0 aliphatic carbocycles. The topological polar surface area (TPSA) is 76.4 Å². The minimum Gasteiger partial charge on any atom is -0.360 e. The zero-order valence-electron chi connectivity index (χ0n) is 13.4. The van der Waals surface area contributed by atoms with Gasteiger partial charge in [0.1, 0.15) is 11.6 Å². The molecule has 1 heterocycles. The van der Waals surface area contributed by atoms with E-state index in [9.17, 15) is 14.9 Å². The fraction of sp³-hybridized carbons (Fsp3) is 0.353. The number of hydrogen-bond acceptors (Lipinski definition) is 4. The number of amides is 2. The number of para-hydroxylation sites is 1. The summed E-state index contributed by atoms with van der Waals surface area (Å²) in [5.74, 6) is -0.300. The van der Waals surface area contributed by atoms with E-state index >= 15 is 0 Å². The van der Waals surface area contributed by atoms with Crippen LogP contribution in [0.25, 0.3) is 0 Å². The second kappa shape index (κ2) is 7.45. The number of piperazine rings is 1. The van der Waals surface area contributed by atoms with Gasteiger partial charge in [-0.25, -0.2) is 0 Å². The van der Waals surface area contributed by atoms with Crippen LogP contribution in [0.15, 0.2) is 36.0 Å². The Bertz CT molecular complexity index is 667. The lowest BCUT2D eigenvalue weighted by Crippen LogP contribution is -2.50. The summed E-state index contributed by atoms with van der Waals surface area (Å²) in [7, 11) is 0. The fourth-order valence-electron chi connectivity index (χ4n) is 2.42. The first-order chi connectivity index (χ1) is 11.0. The Kier molecular flexibility index (Phi) is 5.36. The average Bonchev–Trinajstić information content (AvgIpc) is 2.56. The van der Waals surface area contributed by atoms with E-state index in [1.807, 2.05) is 37.3 Å². The third-order valence-electron chi connectivity index (χ3n) is 3.88. The predicted molar refractivity (Wildman–Crippen MR) is 87.3 cm³/mol. The zero-order chi connectivity index (χ0) is 16.8. The molecule has 1 aliphatic rings. The third-order valence-corrected chi connectivity index (χ3v) is 3.88. The quantitative estimate of drug-likeness (QED) is 0.678. The van der Waals surface area contributed by atoms with Gasteiger partial charge in [-0.3, -0.25) is 9.59 Å². The number of nitrogens with zero attached hydrogens (tertiary/aromatic N) is 3. The van der Waals surface area contributed by atoms with E-state index < -0.39 is 0 Å². The Hall–Kier alpha value is -2.81. The van der Waals surface area contributed by atoms with Crippen LogP contribution >= 0.6 is 0 Å². The second-order valence-electron chi connectivity index (χ2n) is 5.43.